The van der Waals surface area contributed by atoms with Gasteiger partial charge in [-0.2, -0.15) is 0 Å². The van der Waals surface area contributed by atoms with Gasteiger partial charge < -0.3 is 11.1 Å². The summed E-state index contributed by atoms with van der Waals surface area (Å²) >= 11 is 0. The van der Waals surface area contributed by atoms with Crippen molar-refractivity contribution in [1.29, 1.82) is 0 Å². The maximum Gasteiger partial charge on any atom is 0.252 e. The summed E-state index contributed by atoms with van der Waals surface area (Å²) < 4.78 is 1.68. The zero-order valence-corrected chi connectivity index (χ0v) is 12.7. The van der Waals surface area contributed by atoms with E-state index in [1.807, 2.05) is 6.07 Å². The fourth-order valence-electron chi connectivity index (χ4n) is 2.27. The lowest BCUT2D eigenvalue weighted by Crippen LogP contribution is -2.37. The molecular formula is C17H15N5O2. The lowest BCUT2D eigenvalue weighted by atomic mass is 10.1. The van der Waals surface area contributed by atoms with Crippen molar-refractivity contribution in [1.82, 2.24) is 19.9 Å². The number of carbonyl (C=O) groups excluding carboxylic acids is 2. The van der Waals surface area contributed by atoms with Gasteiger partial charge >= 0.3 is 0 Å². The average Bonchev–Trinajstić information content (AvgIpc) is 3.15. The SMILES string of the molecule is NC(=O)[C@H](NC(=O)c1ccnc(-n2ccnc2)c1)c1ccccc1. The molecule has 0 radical (unpaired) electrons. The Morgan fingerprint density at radius 1 is 1.12 bits per heavy atom. The normalized spacial score (nSPS) is 11.7. The molecule has 2 aromatic heterocycles. The van der Waals surface area contributed by atoms with E-state index in [0.717, 1.165) is 0 Å². The number of nitrogens with two attached hydrogens (primary N) is 1. The van der Waals surface area contributed by atoms with Gasteiger partial charge in [-0.25, -0.2) is 9.97 Å². The summed E-state index contributed by atoms with van der Waals surface area (Å²) in [5.41, 5.74) is 6.42. The zero-order valence-electron chi connectivity index (χ0n) is 12.7. The Bertz CT molecular complexity index is 846. The second-order valence-electron chi connectivity index (χ2n) is 5.09. The minimum absolute atomic E-state index is 0.371. The molecule has 0 unspecified atom stereocenters. The Hall–Kier alpha value is -3.48. The van der Waals surface area contributed by atoms with Crippen molar-refractivity contribution < 1.29 is 9.59 Å². The molecule has 2 heterocycles. The topological polar surface area (TPSA) is 103 Å². The highest BCUT2D eigenvalue weighted by Gasteiger charge is 2.21. The molecule has 3 rings (SSSR count). The highest BCUT2D eigenvalue weighted by Crippen LogP contribution is 2.14. The second-order valence-corrected chi connectivity index (χ2v) is 5.09. The molecule has 7 nitrogen and oxygen atoms in total. The van der Waals surface area contributed by atoms with E-state index in [2.05, 4.69) is 15.3 Å². The molecule has 3 aromatic rings. The van der Waals surface area contributed by atoms with E-state index in [4.69, 9.17) is 5.73 Å². The van der Waals surface area contributed by atoms with Gasteiger partial charge in [-0.05, 0) is 17.7 Å². The molecule has 0 fully saturated rings. The first-order valence-electron chi connectivity index (χ1n) is 7.24. The molecule has 2 amide bonds. The molecule has 0 saturated carbocycles. The highest BCUT2D eigenvalue weighted by atomic mass is 16.2. The first-order chi connectivity index (χ1) is 11.6. The van der Waals surface area contributed by atoms with Gasteiger partial charge in [0, 0.05) is 24.2 Å². The number of hydrogen-bond donors (Lipinski definition) is 2. The highest BCUT2D eigenvalue weighted by molar-refractivity contribution is 5.97. The van der Waals surface area contributed by atoms with Crippen molar-refractivity contribution >= 4 is 11.8 Å². The van der Waals surface area contributed by atoms with Crippen LogP contribution in [0.15, 0.2) is 67.4 Å². The number of amides is 2. The van der Waals surface area contributed by atoms with Gasteiger partial charge in [-0.3, -0.25) is 14.2 Å². The molecular weight excluding hydrogens is 306 g/mol. The van der Waals surface area contributed by atoms with Crippen LogP contribution in [0.4, 0.5) is 0 Å². The first kappa shape index (κ1) is 15.4. The molecule has 0 bridgehead atoms. The van der Waals surface area contributed by atoms with Crippen LogP contribution in [0, 0.1) is 0 Å². The molecule has 120 valence electrons. The third kappa shape index (κ3) is 3.30. The standard InChI is InChI=1S/C17H15N5O2/c18-16(23)15(12-4-2-1-3-5-12)21-17(24)13-6-7-20-14(10-13)22-9-8-19-11-22/h1-11,15H,(H2,18,23)(H,21,24)/t15-/m1/s1. The third-order valence-electron chi connectivity index (χ3n) is 3.47. The predicted octanol–water partition coefficient (Wildman–Crippen LogP) is 1.22. The first-order valence-corrected chi connectivity index (χ1v) is 7.24. The van der Waals surface area contributed by atoms with E-state index >= 15 is 0 Å². The molecule has 3 N–H and O–H groups in total. The van der Waals surface area contributed by atoms with Crippen molar-refractivity contribution in [3.63, 3.8) is 0 Å². The van der Waals surface area contributed by atoms with Crippen molar-refractivity contribution in [2.45, 2.75) is 6.04 Å². The molecule has 0 aliphatic heterocycles. The predicted molar refractivity (Wildman–Crippen MR) is 87.2 cm³/mol. The second kappa shape index (κ2) is 6.74. The van der Waals surface area contributed by atoms with Crippen LogP contribution < -0.4 is 11.1 Å². The lowest BCUT2D eigenvalue weighted by molar-refractivity contribution is -0.120. The number of nitrogens with one attached hydrogen (secondary N) is 1. The number of aromatic nitrogens is 3. The number of imidazole rings is 1. The molecule has 0 aliphatic rings. The summed E-state index contributed by atoms with van der Waals surface area (Å²) in [4.78, 5) is 32.3. The van der Waals surface area contributed by atoms with Crippen LogP contribution in [0.2, 0.25) is 0 Å². The number of hydrogen-bond acceptors (Lipinski definition) is 4. The number of nitrogens with zero attached hydrogens (tertiary/aromatic N) is 3. The third-order valence-corrected chi connectivity index (χ3v) is 3.47. The molecule has 0 aliphatic carbocycles. The van der Waals surface area contributed by atoms with E-state index in [9.17, 15) is 9.59 Å². The Morgan fingerprint density at radius 3 is 2.58 bits per heavy atom. The van der Waals surface area contributed by atoms with Crippen LogP contribution in [0.1, 0.15) is 22.0 Å². The molecule has 0 saturated heterocycles. The summed E-state index contributed by atoms with van der Waals surface area (Å²) in [5, 5.41) is 2.66. The Balaban J connectivity index is 1.84. The van der Waals surface area contributed by atoms with Crippen molar-refractivity contribution in [2.75, 3.05) is 0 Å². The van der Waals surface area contributed by atoms with Gasteiger partial charge in [0.05, 0.1) is 0 Å². The molecule has 0 spiro atoms. The maximum absolute atomic E-state index is 12.5. The van der Waals surface area contributed by atoms with Gasteiger partial charge in [0.25, 0.3) is 5.91 Å². The van der Waals surface area contributed by atoms with E-state index in [0.29, 0.717) is 16.9 Å². The van der Waals surface area contributed by atoms with Gasteiger partial charge in [0.1, 0.15) is 18.2 Å². The van der Waals surface area contributed by atoms with Crippen LogP contribution in [0.25, 0.3) is 5.82 Å². The summed E-state index contributed by atoms with van der Waals surface area (Å²) in [6, 6.07) is 11.1. The van der Waals surface area contributed by atoms with Gasteiger partial charge in [0.2, 0.25) is 5.91 Å². The van der Waals surface area contributed by atoms with Crippen LogP contribution in [-0.2, 0) is 4.79 Å². The summed E-state index contributed by atoms with van der Waals surface area (Å²) in [6.07, 6.45) is 6.44. The quantitative estimate of drug-likeness (QED) is 0.737. The molecule has 7 heteroatoms. The van der Waals surface area contributed by atoms with Crippen LogP contribution in [0.5, 0.6) is 0 Å². The van der Waals surface area contributed by atoms with Gasteiger partial charge in [-0.1, -0.05) is 30.3 Å². The van der Waals surface area contributed by atoms with Gasteiger partial charge in [0.15, 0.2) is 0 Å². The van der Waals surface area contributed by atoms with Crippen molar-refractivity contribution in [2.24, 2.45) is 5.73 Å². The monoisotopic (exact) mass is 321 g/mol. The van der Waals surface area contributed by atoms with Crippen molar-refractivity contribution in [3.8, 4) is 5.82 Å². The Labute approximate surface area is 138 Å². The van der Waals surface area contributed by atoms with Crippen LogP contribution >= 0.6 is 0 Å². The van der Waals surface area contributed by atoms with Crippen LogP contribution in [-0.4, -0.2) is 26.3 Å². The lowest BCUT2D eigenvalue weighted by Gasteiger charge is -2.16. The average molecular weight is 321 g/mol. The maximum atomic E-state index is 12.5. The number of pyridine rings is 1. The Morgan fingerprint density at radius 2 is 1.92 bits per heavy atom. The smallest absolute Gasteiger partial charge is 0.252 e. The number of carbonyl (C=O) groups is 2. The van der Waals surface area contributed by atoms with Crippen molar-refractivity contribution in [3.05, 3.63) is 78.5 Å². The fourth-order valence-corrected chi connectivity index (χ4v) is 2.27. The summed E-state index contributed by atoms with van der Waals surface area (Å²) in [6.45, 7) is 0. The van der Waals surface area contributed by atoms with E-state index in [1.54, 1.807) is 59.7 Å². The zero-order chi connectivity index (χ0) is 16.9. The molecule has 1 aromatic carbocycles. The summed E-state index contributed by atoms with van der Waals surface area (Å²) in [7, 11) is 0. The molecule has 1 atom stereocenters. The largest absolute Gasteiger partial charge is 0.368 e. The number of rotatable bonds is 5. The minimum Gasteiger partial charge on any atom is -0.368 e. The summed E-state index contributed by atoms with van der Waals surface area (Å²) in [5.74, 6) is -0.486. The van der Waals surface area contributed by atoms with Gasteiger partial charge in [-0.15, -0.1) is 0 Å². The fraction of sp³-hybridized carbons (Fsp3) is 0.0588. The van der Waals surface area contributed by atoms with E-state index in [-0.39, 0.29) is 0 Å². The number of primary amides is 1. The van der Waals surface area contributed by atoms with E-state index in [1.165, 1.54) is 6.20 Å². The Kier molecular flexibility index (Phi) is 4.33. The number of benzene rings is 1. The van der Waals surface area contributed by atoms with E-state index < -0.39 is 17.9 Å². The molecule has 24 heavy (non-hydrogen) atoms. The van der Waals surface area contributed by atoms with Crippen LogP contribution in [0.3, 0.4) is 0 Å². The minimum atomic E-state index is -0.899.